The number of sulfonamides is 1. The standard InChI is InChI=1S/C15H21Cl2N3O3S/c1-18-15(21)8-11-4-5-12(20(11)2)9-19-24(22,23)14-7-10(16)3-6-13(14)17/h3,6-7,11-12,19H,4-5,8-9H2,1-2H3,(H,18,21)/t11-,12+/m1/s1. The number of hydrogen-bond donors (Lipinski definition) is 2. The lowest BCUT2D eigenvalue weighted by molar-refractivity contribution is -0.121. The van der Waals surface area contributed by atoms with Gasteiger partial charge in [-0.15, -0.1) is 0 Å². The summed E-state index contributed by atoms with van der Waals surface area (Å²) in [5, 5.41) is 3.05. The van der Waals surface area contributed by atoms with Gasteiger partial charge in [0.25, 0.3) is 0 Å². The number of carbonyl (C=O) groups excluding carboxylic acids is 1. The Hall–Kier alpha value is -0.860. The third-order valence-corrected chi connectivity index (χ3v) is 6.52. The zero-order valence-corrected chi connectivity index (χ0v) is 15.9. The minimum absolute atomic E-state index is 0.0150. The Morgan fingerprint density at radius 2 is 1.96 bits per heavy atom. The van der Waals surface area contributed by atoms with E-state index in [9.17, 15) is 13.2 Å². The molecule has 0 aliphatic carbocycles. The Kier molecular flexibility index (Phi) is 6.50. The summed E-state index contributed by atoms with van der Waals surface area (Å²) >= 11 is 11.8. The molecule has 0 bridgehead atoms. The highest BCUT2D eigenvalue weighted by Crippen LogP contribution is 2.27. The molecule has 1 aliphatic heterocycles. The highest BCUT2D eigenvalue weighted by atomic mass is 35.5. The van der Waals surface area contributed by atoms with Gasteiger partial charge in [-0.3, -0.25) is 9.69 Å². The number of nitrogens with zero attached hydrogens (tertiary/aromatic N) is 1. The number of halogens is 2. The number of rotatable bonds is 6. The second-order valence-corrected chi connectivity index (χ2v) is 8.43. The van der Waals surface area contributed by atoms with Crippen LogP contribution in [0.15, 0.2) is 23.1 Å². The van der Waals surface area contributed by atoms with Gasteiger partial charge in [0.1, 0.15) is 4.90 Å². The van der Waals surface area contributed by atoms with E-state index in [4.69, 9.17) is 23.2 Å². The molecule has 0 radical (unpaired) electrons. The fraction of sp³-hybridized carbons (Fsp3) is 0.533. The molecule has 2 rings (SSSR count). The molecule has 134 valence electrons. The van der Waals surface area contributed by atoms with Gasteiger partial charge >= 0.3 is 0 Å². The Labute approximate surface area is 152 Å². The van der Waals surface area contributed by atoms with Gasteiger partial charge < -0.3 is 5.32 Å². The van der Waals surface area contributed by atoms with Gasteiger partial charge in [0, 0.05) is 37.1 Å². The molecule has 1 heterocycles. The zero-order valence-electron chi connectivity index (χ0n) is 13.6. The van der Waals surface area contributed by atoms with E-state index in [1.807, 2.05) is 7.05 Å². The number of likely N-dealkylation sites (N-methyl/N-ethyl adjacent to an activating group) is 1. The lowest BCUT2D eigenvalue weighted by atomic mass is 10.1. The Morgan fingerprint density at radius 1 is 1.29 bits per heavy atom. The molecular weight excluding hydrogens is 373 g/mol. The first-order valence-corrected chi connectivity index (χ1v) is 9.85. The minimum Gasteiger partial charge on any atom is -0.359 e. The van der Waals surface area contributed by atoms with Crippen LogP contribution in [0.4, 0.5) is 0 Å². The molecule has 1 saturated heterocycles. The van der Waals surface area contributed by atoms with Crippen molar-refractivity contribution >= 4 is 39.1 Å². The molecule has 1 aromatic carbocycles. The van der Waals surface area contributed by atoms with Crippen LogP contribution in [-0.2, 0) is 14.8 Å². The highest BCUT2D eigenvalue weighted by Gasteiger charge is 2.32. The van der Waals surface area contributed by atoms with Crippen molar-refractivity contribution in [2.24, 2.45) is 0 Å². The summed E-state index contributed by atoms with van der Waals surface area (Å²) in [6.45, 7) is 0.256. The fourth-order valence-corrected chi connectivity index (χ4v) is 4.70. The van der Waals surface area contributed by atoms with Crippen molar-refractivity contribution in [2.75, 3.05) is 20.6 Å². The zero-order chi connectivity index (χ0) is 17.9. The number of likely N-dealkylation sites (tertiary alicyclic amines) is 1. The van der Waals surface area contributed by atoms with Gasteiger partial charge in [-0.25, -0.2) is 13.1 Å². The van der Waals surface area contributed by atoms with Crippen molar-refractivity contribution in [1.82, 2.24) is 14.9 Å². The van der Waals surface area contributed by atoms with Crippen LogP contribution in [-0.4, -0.2) is 51.9 Å². The molecule has 9 heteroatoms. The molecule has 0 unspecified atom stereocenters. The summed E-state index contributed by atoms with van der Waals surface area (Å²) in [4.78, 5) is 13.5. The summed E-state index contributed by atoms with van der Waals surface area (Å²) < 4.78 is 27.5. The van der Waals surface area contributed by atoms with Gasteiger partial charge in [-0.05, 0) is 38.1 Å². The summed E-state index contributed by atoms with van der Waals surface area (Å²) in [6, 6.07) is 4.48. The van der Waals surface area contributed by atoms with Crippen LogP contribution >= 0.6 is 23.2 Å². The largest absolute Gasteiger partial charge is 0.359 e. The maximum atomic E-state index is 12.4. The Balaban J connectivity index is 2.00. The van der Waals surface area contributed by atoms with Crippen LogP contribution in [0.1, 0.15) is 19.3 Å². The first-order valence-electron chi connectivity index (χ1n) is 7.62. The lowest BCUT2D eigenvalue weighted by Gasteiger charge is -2.25. The first-order chi connectivity index (χ1) is 11.2. The highest BCUT2D eigenvalue weighted by molar-refractivity contribution is 7.89. The van der Waals surface area contributed by atoms with E-state index in [1.54, 1.807) is 7.05 Å². The lowest BCUT2D eigenvalue weighted by Crippen LogP contribution is -2.42. The summed E-state index contributed by atoms with van der Waals surface area (Å²) in [5.41, 5.74) is 0. The number of hydrogen-bond acceptors (Lipinski definition) is 4. The molecule has 1 fully saturated rings. The van der Waals surface area contributed by atoms with Gasteiger partial charge in [-0.1, -0.05) is 23.2 Å². The smallest absolute Gasteiger partial charge is 0.242 e. The summed E-state index contributed by atoms with van der Waals surface area (Å²) in [5.74, 6) is -0.0150. The summed E-state index contributed by atoms with van der Waals surface area (Å²) in [7, 11) is -0.224. The van der Waals surface area contributed by atoms with Gasteiger partial charge in [-0.2, -0.15) is 0 Å². The molecule has 1 aromatic rings. The van der Waals surface area contributed by atoms with Gasteiger partial charge in [0.2, 0.25) is 15.9 Å². The average Bonchev–Trinajstić information content (AvgIpc) is 2.88. The molecule has 1 amide bonds. The minimum atomic E-state index is -3.74. The van der Waals surface area contributed by atoms with Crippen molar-refractivity contribution in [3.8, 4) is 0 Å². The van der Waals surface area contributed by atoms with Crippen LogP contribution in [0.2, 0.25) is 10.0 Å². The fourth-order valence-electron chi connectivity index (χ4n) is 2.87. The molecule has 1 aliphatic rings. The predicted molar refractivity (Wildman–Crippen MR) is 94.9 cm³/mol. The predicted octanol–water partition coefficient (Wildman–Crippen LogP) is 1.87. The SMILES string of the molecule is CNC(=O)C[C@H]1CC[C@@H](CNS(=O)(=O)c2cc(Cl)ccc2Cl)N1C. The third kappa shape index (κ3) is 4.61. The number of carbonyl (C=O) groups is 1. The maximum Gasteiger partial charge on any atom is 0.242 e. The average molecular weight is 394 g/mol. The second-order valence-electron chi connectivity index (χ2n) is 5.85. The van der Waals surface area contributed by atoms with Crippen molar-refractivity contribution in [3.05, 3.63) is 28.2 Å². The van der Waals surface area contributed by atoms with Crippen LogP contribution in [0.25, 0.3) is 0 Å². The van der Waals surface area contributed by atoms with E-state index in [2.05, 4.69) is 14.9 Å². The van der Waals surface area contributed by atoms with Gasteiger partial charge in [0.15, 0.2) is 0 Å². The Bertz CT molecular complexity index is 712. The molecule has 0 aromatic heterocycles. The molecule has 0 saturated carbocycles. The molecule has 2 N–H and O–H groups in total. The normalized spacial score (nSPS) is 21.8. The topological polar surface area (TPSA) is 78.5 Å². The van der Waals surface area contributed by atoms with E-state index in [1.165, 1.54) is 18.2 Å². The van der Waals surface area contributed by atoms with Crippen molar-refractivity contribution in [3.63, 3.8) is 0 Å². The maximum absolute atomic E-state index is 12.4. The van der Waals surface area contributed by atoms with Crippen molar-refractivity contribution < 1.29 is 13.2 Å². The van der Waals surface area contributed by atoms with Crippen molar-refractivity contribution in [2.45, 2.75) is 36.2 Å². The molecule has 2 atom stereocenters. The second kappa shape index (κ2) is 8.01. The van der Waals surface area contributed by atoms with Crippen LogP contribution in [0.5, 0.6) is 0 Å². The van der Waals surface area contributed by atoms with E-state index in [0.29, 0.717) is 11.4 Å². The number of benzene rings is 1. The first kappa shape index (κ1) is 19.5. The molecule has 0 spiro atoms. The third-order valence-electron chi connectivity index (χ3n) is 4.38. The van der Waals surface area contributed by atoms with Gasteiger partial charge in [0.05, 0.1) is 5.02 Å². The van der Waals surface area contributed by atoms with E-state index in [0.717, 1.165) is 12.8 Å². The number of amides is 1. The van der Waals surface area contributed by atoms with Crippen LogP contribution < -0.4 is 10.0 Å². The molecule has 6 nitrogen and oxygen atoms in total. The van der Waals surface area contributed by atoms with E-state index < -0.39 is 10.0 Å². The monoisotopic (exact) mass is 393 g/mol. The van der Waals surface area contributed by atoms with Crippen molar-refractivity contribution in [1.29, 1.82) is 0 Å². The Morgan fingerprint density at radius 3 is 2.62 bits per heavy atom. The van der Waals surface area contributed by atoms with E-state index >= 15 is 0 Å². The molecule has 24 heavy (non-hydrogen) atoms. The molecular formula is C15H21Cl2N3O3S. The quantitative estimate of drug-likeness (QED) is 0.772. The number of nitrogens with one attached hydrogen (secondary N) is 2. The van der Waals surface area contributed by atoms with E-state index in [-0.39, 0.29) is 34.5 Å². The summed E-state index contributed by atoms with van der Waals surface area (Å²) in [6.07, 6.45) is 2.09. The van der Waals surface area contributed by atoms with Crippen LogP contribution in [0, 0.1) is 0 Å². The van der Waals surface area contributed by atoms with Crippen LogP contribution in [0.3, 0.4) is 0 Å².